The minimum atomic E-state index is -0.561. The summed E-state index contributed by atoms with van der Waals surface area (Å²) in [6.45, 7) is 9.06. The van der Waals surface area contributed by atoms with E-state index in [9.17, 15) is 9.90 Å². The van der Waals surface area contributed by atoms with Crippen molar-refractivity contribution in [2.75, 3.05) is 39.5 Å². The van der Waals surface area contributed by atoms with E-state index < -0.39 is 6.10 Å². The number of ether oxygens (including phenoxy) is 2. The average molecular weight is 304 g/mol. The van der Waals surface area contributed by atoms with Gasteiger partial charge in [0.2, 0.25) is 5.91 Å². The highest BCUT2D eigenvalue weighted by molar-refractivity contribution is 5.76. The molecule has 126 valence electrons. The molecule has 0 bridgehead atoms. The summed E-state index contributed by atoms with van der Waals surface area (Å²) in [5, 5.41) is 15.5. The summed E-state index contributed by atoms with van der Waals surface area (Å²) in [4.78, 5) is 11.4. The van der Waals surface area contributed by atoms with Gasteiger partial charge in [0, 0.05) is 32.2 Å². The minimum absolute atomic E-state index is 0.0208. The molecule has 0 aromatic rings. The highest BCUT2D eigenvalue weighted by atomic mass is 16.5. The van der Waals surface area contributed by atoms with E-state index in [4.69, 9.17) is 9.47 Å². The van der Waals surface area contributed by atoms with Crippen LogP contribution in [0.15, 0.2) is 0 Å². The van der Waals surface area contributed by atoms with E-state index in [1.807, 2.05) is 13.8 Å². The lowest BCUT2D eigenvalue weighted by molar-refractivity contribution is -0.121. The molecule has 0 rings (SSSR count). The molecule has 0 aliphatic heterocycles. The molecule has 1 amide bonds. The number of amides is 1. The van der Waals surface area contributed by atoms with Gasteiger partial charge in [0.1, 0.15) is 0 Å². The van der Waals surface area contributed by atoms with E-state index in [2.05, 4.69) is 17.6 Å². The van der Waals surface area contributed by atoms with Crippen molar-refractivity contribution in [2.24, 2.45) is 0 Å². The SMILES string of the molecule is CCCCOCCOCC(O)CNCCC(=O)NC(C)C. The van der Waals surface area contributed by atoms with Crippen LogP contribution < -0.4 is 10.6 Å². The van der Waals surface area contributed by atoms with Crippen molar-refractivity contribution >= 4 is 5.91 Å². The first-order valence-electron chi connectivity index (χ1n) is 7.89. The molecule has 1 unspecified atom stereocenters. The zero-order valence-corrected chi connectivity index (χ0v) is 13.7. The van der Waals surface area contributed by atoms with Gasteiger partial charge in [-0.2, -0.15) is 0 Å². The summed E-state index contributed by atoms with van der Waals surface area (Å²) in [7, 11) is 0. The maximum absolute atomic E-state index is 11.4. The number of hydrogen-bond acceptors (Lipinski definition) is 5. The molecule has 0 spiro atoms. The maximum Gasteiger partial charge on any atom is 0.221 e. The zero-order valence-electron chi connectivity index (χ0n) is 13.7. The van der Waals surface area contributed by atoms with E-state index in [-0.39, 0.29) is 18.6 Å². The van der Waals surface area contributed by atoms with Crippen LogP contribution in [-0.4, -0.2) is 62.7 Å². The second-order valence-corrected chi connectivity index (χ2v) is 5.37. The second kappa shape index (κ2) is 14.3. The van der Waals surface area contributed by atoms with Crippen molar-refractivity contribution in [3.05, 3.63) is 0 Å². The standard InChI is InChI=1S/C15H32N2O4/c1-4-5-8-20-9-10-21-12-14(18)11-16-7-6-15(19)17-13(2)3/h13-14,16,18H,4-12H2,1-3H3,(H,17,19). The molecular weight excluding hydrogens is 272 g/mol. The molecule has 0 heterocycles. The van der Waals surface area contributed by atoms with Gasteiger partial charge in [0.25, 0.3) is 0 Å². The van der Waals surface area contributed by atoms with Crippen molar-refractivity contribution < 1.29 is 19.4 Å². The Labute approximate surface area is 128 Å². The van der Waals surface area contributed by atoms with Crippen LogP contribution in [0, 0.1) is 0 Å². The highest BCUT2D eigenvalue weighted by Gasteiger charge is 2.05. The lowest BCUT2D eigenvalue weighted by atomic mass is 10.3. The van der Waals surface area contributed by atoms with Crippen LogP contribution in [0.1, 0.15) is 40.0 Å². The zero-order chi connectivity index (χ0) is 15.9. The number of carbonyl (C=O) groups is 1. The van der Waals surface area contributed by atoms with Crippen LogP contribution in [0.2, 0.25) is 0 Å². The second-order valence-electron chi connectivity index (χ2n) is 5.37. The minimum Gasteiger partial charge on any atom is -0.389 e. The van der Waals surface area contributed by atoms with E-state index in [1.165, 1.54) is 0 Å². The summed E-state index contributed by atoms with van der Waals surface area (Å²) >= 11 is 0. The largest absolute Gasteiger partial charge is 0.389 e. The van der Waals surface area contributed by atoms with Crippen LogP contribution in [0.5, 0.6) is 0 Å². The molecule has 1 atom stereocenters. The van der Waals surface area contributed by atoms with Crippen molar-refractivity contribution in [1.29, 1.82) is 0 Å². The number of nitrogens with one attached hydrogen (secondary N) is 2. The van der Waals surface area contributed by atoms with Crippen molar-refractivity contribution in [3.63, 3.8) is 0 Å². The number of aliphatic hydroxyl groups is 1. The quantitative estimate of drug-likeness (QED) is 0.411. The number of aliphatic hydroxyl groups excluding tert-OH is 1. The predicted octanol–water partition coefficient (Wildman–Crippen LogP) is 0.685. The maximum atomic E-state index is 11.4. The molecule has 0 saturated carbocycles. The number of rotatable bonds is 14. The number of unbranched alkanes of at least 4 members (excludes halogenated alkanes) is 1. The Bertz CT molecular complexity index is 250. The molecule has 0 aliphatic carbocycles. The molecule has 3 N–H and O–H groups in total. The number of carbonyl (C=O) groups excluding carboxylic acids is 1. The smallest absolute Gasteiger partial charge is 0.221 e. The van der Waals surface area contributed by atoms with Crippen LogP contribution in [0.25, 0.3) is 0 Å². The summed E-state index contributed by atoms with van der Waals surface area (Å²) in [5.74, 6) is 0.0208. The molecule has 0 aliphatic rings. The molecule has 21 heavy (non-hydrogen) atoms. The van der Waals surface area contributed by atoms with Crippen molar-refractivity contribution in [3.8, 4) is 0 Å². The molecule has 6 nitrogen and oxygen atoms in total. The number of hydrogen-bond donors (Lipinski definition) is 3. The normalized spacial score (nSPS) is 12.6. The van der Waals surface area contributed by atoms with Crippen LogP contribution in [0.3, 0.4) is 0 Å². The monoisotopic (exact) mass is 304 g/mol. The van der Waals surface area contributed by atoms with E-state index in [0.29, 0.717) is 32.7 Å². The Morgan fingerprint density at radius 3 is 2.57 bits per heavy atom. The summed E-state index contributed by atoms with van der Waals surface area (Å²) < 4.78 is 10.7. The molecule has 0 radical (unpaired) electrons. The average Bonchev–Trinajstić information content (AvgIpc) is 2.42. The van der Waals surface area contributed by atoms with Crippen LogP contribution in [0.4, 0.5) is 0 Å². The first-order chi connectivity index (χ1) is 10.1. The first kappa shape index (κ1) is 20.3. The van der Waals surface area contributed by atoms with Crippen LogP contribution in [-0.2, 0) is 14.3 Å². The molecular formula is C15H32N2O4. The van der Waals surface area contributed by atoms with Crippen molar-refractivity contribution in [2.45, 2.75) is 52.2 Å². The molecule has 0 aromatic heterocycles. The van der Waals surface area contributed by atoms with E-state index in [0.717, 1.165) is 19.4 Å². The van der Waals surface area contributed by atoms with Gasteiger partial charge in [-0.25, -0.2) is 0 Å². The summed E-state index contributed by atoms with van der Waals surface area (Å²) in [6.07, 6.45) is 2.04. The Hall–Kier alpha value is -0.690. The predicted molar refractivity (Wildman–Crippen MR) is 83.3 cm³/mol. The third-order valence-electron chi connectivity index (χ3n) is 2.68. The first-order valence-corrected chi connectivity index (χ1v) is 7.89. The summed E-state index contributed by atoms with van der Waals surface area (Å²) in [6, 6.07) is 0.163. The third-order valence-corrected chi connectivity index (χ3v) is 2.68. The van der Waals surface area contributed by atoms with Gasteiger partial charge in [0.15, 0.2) is 0 Å². The Morgan fingerprint density at radius 2 is 1.90 bits per heavy atom. The topological polar surface area (TPSA) is 79.8 Å². The fourth-order valence-electron chi connectivity index (χ4n) is 1.61. The molecule has 6 heteroatoms. The lowest BCUT2D eigenvalue weighted by Gasteiger charge is -2.13. The Balaban J connectivity index is 3.30. The molecule has 0 fully saturated rings. The fourth-order valence-corrected chi connectivity index (χ4v) is 1.61. The van der Waals surface area contributed by atoms with E-state index >= 15 is 0 Å². The molecule has 0 saturated heterocycles. The Kier molecular flexibility index (Phi) is 13.8. The van der Waals surface area contributed by atoms with Gasteiger partial charge >= 0.3 is 0 Å². The van der Waals surface area contributed by atoms with E-state index in [1.54, 1.807) is 0 Å². The third kappa shape index (κ3) is 15.5. The summed E-state index contributed by atoms with van der Waals surface area (Å²) in [5.41, 5.74) is 0. The lowest BCUT2D eigenvalue weighted by Crippen LogP contribution is -2.35. The molecule has 0 aromatic carbocycles. The van der Waals surface area contributed by atoms with Gasteiger partial charge in [0.05, 0.1) is 25.9 Å². The van der Waals surface area contributed by atoms with Gasteiger partial charge in [-0.1, -0.05) is 13.3 Å². The fraction of sp³-hybridized carbons (Fsp3) is 0.933. The Morgan fingerprint density at radius 1 is 1.19 bits per heavy atom. The van der Waals surface area contributed by atoms with Gasteiger partial charge in [-0.05, 0) is 20.3 Å². The van der Waals surface area contributed by atoms with Gasteiger partial charge in [-0.15, -0.1) is 0 Å². The highest BCUT2D eigenvalue weighted by Crippen LogP contribution is 1.89. The van der Waals surface area contributed by atoms with Gasteiger partial charge < -0.3 is 25.2 Å². The van der Waals surface area contributed by atoms with Crippen molar-refractivity contribution in [1.82, 2.24) is 10.6 Å². The van der Waals surface area contributed by atoms with Crippen LogP contribution >= 0.6 is 0 Å². The van der Waals surface area contributed by atoms with Gasteiger partial charge in [-0.3, -0.25) is 4.79 Å².